The number of pyridine rings is 1. The molecule has 0 fully saturated rings. The summed E-state index contributed by atoms with van der Waals surface area (Å²) in [6.45, 7) is 2.89. The Labute approximate surface area is 101 Å². The van der Waals surface area contributed by atoms with Crippen molar-refractivity contribution in [1.29, 1.82) is 0 Å². The lowest BCUT2D eigenvalue weighted by Gasteiger charge is -2.06. The molecule has 0 aliphatic rings. The highest BCUT2D eigenvalue weighted by Crippen LogP contribution is 2.07. The molecule has 94 valence electrons. The van der Waals surface area contributed by atoms with Gasteiger partial charge in [0.2, 0.25) is 0 Å². The van der Waals surface area contributed by atoms with E-state index in [9.17, 15) is 4.79 Å². The molecule has 1 aromatic heterocycles. The number of anilines is 2. The predicted molar refractivity (Wildman–Crippen MR) is 66.4 cm³/mol. The normalized spacial score (nSPS) is 9.76. The third kappa shape index (κ3) is 5.17. The third-order valence-corrected chi connectivity index (χ3v) is 2.07. The standard InChI is InChI=1S/C11H18N4O2/c1-2-17-11(16)7-4-8-13-9-5-3-6-10(14-9)15-12/h3,5-6H,2,4,7-8,12H2,1H3,(H2,13,14,15). The molecule has 1 heterocycles. The molecule has 0 amide bonds. The zero-order valence-electron chi connectivity index (χ0n) is 9.90. The van der Waals surface area contributed by atoms with Gasteiger partial charge in [-0.3, -0.25) is 4.79 Å². The number of rotatable bonds is 7. The Morgan fingerprint density at radius 3 is 2.94 bits per heavy atom. The molecule has 6 nitrogen and oxygen atoms in total. The Bertz CT molecular complexity index is 357. The Kier molecular flexibility index (Phi) is 5.81. The molecule has 0 radical (unpaired) electrons. The number of hydrazine groups is 1. The highest BCUT2D eigenvalue weighted by atomic mass is 16.5. The number of nitrogens with zero attached hydrogens (tertiary/aromatic N) is 1. The summed E-state index contributed by atoms with van der Waals surface area (Å²) in [6.07, 6.45) is 1.12. The van der Waals surface area contributed by atoms with Crippen molar-refractivity contribution in [3.8, 4) is 0 Å². The van der Waals surface area contributed by atoms with E-state index in [1.165, 1.54) is 0 Å². The fraction of sp³-hybridized carbons (Fsp3) is 0.455. The van der Waals surface area contributed by atoms with E-state index in [1.807, 2.05) is 12.1 Å². The van der Waals surface area contributed by atoms with Gasteiger partial charge < -0.3 is 15.5 Å². The van der Waals surface area contributed by atoms with E-state index < -0.39 is 0 Å². The topological polar surface area (TPSA) is 89.3 Å². The van der Waals surface area contributed by atoms with Crippen molar-refractivity contribution in [3.63, 3.8) is 0 Å². The summed E-state index contributed by atoms with van der Waals surface area (Å²) in [5, 5.41) is 3.10. The van der Waals surface area contributed by atoms with Gasteiger partial charge in [-0.25, -0.2) is 10.8 Å². The Morgan fingerprint density at radius 1 is 1.47 bits per heavy atom. The van der Waals surface area contributed by atoms with Crippen LogP contribution in [0.5, 0.6) is 0 Å². The van der Waals surface area contributed by atoms with Gasteiger partial charge in [-0.1, -0.05) is 6.07 Å². The molecule has 0 aliphatic carbocycles. The van der Waals surface area contributed by atoms with Gasteiger partial charge in [0, 0.05) is 13.0 Å². The first-order chi connectivity index (χ1) is 8.26. The maximum atomic E-state index is 11.1. The second-order valence-electron chi connectivity index (χ2n) is 3.39. The summed E-state index contributed by atoms with van der Waals surface area (Å²) in [7, 11) is 0. The third-order valence-electron chi connectivity index (χ3n) is 2.07. The quantitative estimate of drug-likeness (QED) is 0.285. The summed E-state index contributed by atoms with van der Waals surface area (Å²) in [6, 6.07) is 5.45. The molecule has 4 N–H and O–H groups in total. The maximum absolute atomic E-state index is 11.1. The minimum atomic E-state index is -0.167. The van der Waals surface area contributed by atoms with Crippen molar-refractivity contribution < 1.29 is 9.53 Å². The molecule has 0 unspecified atom stereocenters. The maximum Gasteiger partial charge on any atom is 0.305 e. The van der Waals surface area contributed by atoms with Crippen molar-refractivity contribution in [2.75, 3.05) is 23.9 Å². The van der Waals surface area contributed by atoms with Crippen molar-refractivity contribution in [2.45, 2.75) is 19.8 Å². The molecule has 0 saturated heterocycles. The van der Waals surface area contributed by atoms with Gasteiger partial charge in [0.1, 0.15) is 11.6 Å². The first-order valence-electron chi connectivity index (χ1n) is 5.59. The minimum absolute atomic E-state index is 0.167. The number of hydrogen-bond donors (Lipinski definition) is 3. The van der Waals surface area contributed by atoms with E-state index in [2.05, 4.69) is 15.7 Å². The monoisotopic (exact) mass is 238 g/mol. The van der Waals surface area contributed by atoms with Crippen LogP contribution in [-0.2, 0) is 9.53 Å². The lowest BCUT2D eigenvalue weighted by Crippen LogP contribution is -2.11. The Morgan fingerprint density at radius 2 is 2.24 bits per heavy atom. The summed E-state index contributed by atoms with van der Waals surface area (Å²) >= 11 is 0. The van der Waals surface area contributed by atoms with Gasteiger partial charge in [-0.05, 0) is 25.5 Å². The Hall–Kier alpha value is -1.82. The van der Waals surface area contributed by atoms with Gasteiger partial charge >= 0.3 is 5.97 Å². The van der Waals surface area contributed by atoms with E-state index in [0.29, 0.717) is 31.8 Å². The SMILES string of the molecule is CCOC(=O)CCCNc1cccc(NN)n1. The number of ether oxygens (including phenoxy) is 1. The second kappa shape index (κ2) is 7.45. The van der Waals surface area contributed by atoms with Crippen molar-refractivity contribution in [2.24, 2.45) is 5.84 Å². The molecule has 0 spiro atoms. The molecule has 0 atom stereocenters. The minimum Gasteiger partial charge on any atom is -0.466 e. The van der Waals surface area contributed by atoms with Gasteiger partial charge in [0.15, 0.2) is 0 Å². The molecule has 6 heteroatoms. The molecule has 17 heavy (non-hydrogen) atoms. The van der Waals surface area contributed by atoms with Gasteiger partial charge in [-0.15, -0.1) is 0 Å². The van der Waals surface area contributed by atoms with E-state index in [4.69, 9.17) is 10.6 Å². The Balaban J connectivity index is 2.24. The molecule has 1 aromatic rings. The number of nitrogens with two attached hydrogens (primary N) is 1. The number of carbonyl (C=O) groups is 1. The molecule has 0 aliphatic heterocycles. The summed E-state index contributed by atoms with van der Waals surface area (Å²) < 4.78 is 4.82. The summed E-state index contributed by atoms with van der Waals surface area (Å²) in [4.78, 5) is 15.2. The van der Waals surface area contributed by atoms with Crippen LogP contribution in [0.25, 0.3) is 0 Å². The van der Waals surface area contributed by atoms with Crippen LogP contribution in [0.15, 0.2) is 18.2 Å². The molecule has 1 rings (SSSR count). The zero-order valence-corrected chi connectivity index (χ0v) is 9.90. The number of nitrogen functional groups attached to an aromatic ring is 1. The number of nitrogens with one attached hydrogen (secondary N) is 2. The zero-order chi connectivity index (χ0) is 12.5. The van der Waals surface area contributed by atoms with Crippen LogP contribution >= 0.6 is 0 Å². The number of aromatic nitrogens is 1. The molecular weight excluding hydrogens is 220 g/mol. The average molecular weight is 238 g/mol. The smallest absolute Gasteiger partial charge is 0.305 e. The highest BCUT2D eigenvalue weighted by molar-refractivity contribution is 5.69. The van der Waals surface area contributed by atoms with Crippen molar-refractivity contribution in [3.05, 3.63) is 18.2 Å². The fourth-order valence-electron chi connectivity index (χ4n) is 1.30. The largest absolute Gasteiger partial charge is 0.466 e. The van der Waals surface area contributed by atoms with E-state index in [0.717, 1.165) is 5.82 Å². The molecule has 0 aromatic carbocycles. The second-order valence-corrected chi connectivity index (χ2v) is 3.39. The van der Waals surface area contributed by atoms with Crippen LogP contribution in [0.3, 0.4) is 0 Å². The average Bonchev–Trinajstić information content (AvgIpc) is 2.35. The van der Waals surface area contributed by atoms with E-state index in [1.54, 1.807) is 13.0 Å². The first kappa shape index (κ1) is 13.2. The van der Waals surface area contributed by atoms with E-state index in [-0.39, 0.29) is 5.97 Å². The number of carbonyl (C=O) groups excluding carboxylic acids is 1. The van der Waals surface area contributed by atoms with Crippen LogP contribution in [0, 0.1) is 0 Å². The molecular formula is C11H18N4O2. The van der Waals surface area contributed by atoms with Crippen LogP contribution in [0.4, 0.5) is 11.6 Å². The molecule has 0 saturated carbocycles. The lowest BCUT2D eigenvalue weighted by molar-refractivity contribution is -0.143. The van der Waals surface area contributed by atoms with Crippen molar-refractivity contribution in [1.82, 2.24) is 4.98 Å². The summed E-state index contributed by atoms with van der Waals surface area (Å²) in [5.74, 6) is 6.40. The van der Waals surface area contributed by atoms with Crippen molar-refractivity contribution >= 4 is 17.6 Å². The van der Waals surface area contributed by atoms with Crippen LogP contribution in [0.1, 0.15) is 19.8 Å². The fourth-order valence-corrected chi connectivity index (χ4v) is 1.30. The predicted octanol–water partition coefficient (Wildman–Crippen LogP) is 1.12. The number of hydrogen-bond acceptors (Lipinski definition) is 6. The van der Waals surface area contributed by atoms with Crippen LogP contribution < -0.4 is 16.6 Å². The van der Waals surface area contributed by atoms with Gasteiger partial charge in [0.05, 0.1) is 6.61 Å². The van der Waals surface area contributed by atoms with Crippen LogP contribution in [-0.4, -0.2) is 24.1 Å². The van der Waals surface area contributed by atoms with E-state index >= 15 is 0 Å². The van der Waals surface area contributed by atoms with Gasteiger partial charge in [0.25, 0.3) is 0 Å². The number of esters is 1. The van der Waals surface area contributed by atoms with Crippen LogP contribution in [0.2, 0.25) is 0 Å². The molecule has 0 bridgehead atoms. The highest BCUT2D eigenvalue weighted by Gasteiger charge is 2.01. The summed E-state index contributed by atoms with van der Waals surface area (Å²) in [5.41, 5.74) is 2.47. The lowest BCUT2D eigenvalue weighted by atomic mass is 10.3. The van der Waals surface area contributed by atoms with Gasteiger partial charge in [-0.2, -0.15) is 0 Å². The first-order valence-corrected chi connectivity index (χ1v) is 5.59.